The summed E-state index contributed by atoms with van der Waals surface area (Å²) in [6.45, 7) is 2.06. The second-order valence-electron chi connectivity index (χ2n) is 3.80. The van der Waals surface area contributed by atoms with Gasteiger partial charge in [0.05, 0.1) is 0 Å². The van der Waals surface area contributed by atoms with Gasteiger partial charge >= 0.3 is 0 Å². The van der Waals surface area contributed by atoms with Gasteiger partial charge in [0.15, 0.2) is 5.65 Å². The summed E-state index contributed by atoms with van der Waals surface area (Å²) in [7, 11) is 0. The van der Waals surface area contributed by atoms with Crippen LogP contribution in [0.3, 0.4) is 0 Å². The standard InChI is InChI=1S/C12H11N3S/c1-9-4-5-15-11(7-9)13-14-12(15)8-10-3-2-6-16-10/h2-7H,8H2,1H3. The predicted molar refractivity (Wildman–Crippen MR) is 64.8 cm³/mol. The van der Waals surface area contributed by atoms with Gasteiger partial charge < -0.3 is 0 Å². The molecule has 0 unspecified atom stereocenters. The Balaban J connectivity index is 2.04. The van der Waals surface area contributed by atoms with Crippen molar-refractivity contribution in [2.24, 2.45) is 0 Å². The summed E-state index contributed by atoms with van der Waals surface area (Å²) >= 11 is 1.75. The number of thiophene rings is 1. The first-order valence-corrected chi connectivity index (χ1v) is 6.03. The average Bonchev–Trinajstić information content (AvgIpc) is 2.89. The van der Waals surface area contributed by atoms with Gasteiger partial charge in [-0.15, -0.1) is 21.5 Å². The van der Waals surface area contributed by atoms with E-state index in [1.165, 1.54) is 10.4 Å². The molecule has 0 aliphatic rings. The quantitative estimate of drug-likeness (QED) is 0.676. The fourth-order valence-electron chi connectivity index (χ4n) is 1.73. The largest absolute Gasteiger partial charge is 0.286 e. The smallest absolute Gasteiger partial charge is 0.161 e. The molecule has 3 aromatic heterocycles. The molecule has 0 fully saturated rings. The van der Waals surface area contributed by atoms with Crippen LogP contribution in [0.25, 0.3) is 5.65 Å². The third-order valence-corrected chi connectivity index (χ3v) is 3.42. The SMILES string of the molecule is Cc1ccn2c(Cc3cccs3)nnc2c1. The molecule has 3 nitrogen and oxygen atoms in total. The van der Waals surface area contributed by atoms with Gasteiger partial charge in [-0.2, -0.15) is 0 Å². The highest BCUT2D eigenvalue weighted by Gasteiger charge is 2.06. The first kappa shape index (κ1) is 9.54. The highest BCUT2D eigenvalue weighted by molar-refractivity contribution is 7.09. The molecular weight excluding hydrogens is 218 g/mol. The van der Waals surface area contributed by atoms with E-state index in [1.807, 2.05) is 16.7 Å². The van der Waals surface area contributed by atoms with E-state index in [0.717, 1.165) is 17.9 Å². The fraction of sp³-hybridized carbons (Fsp3) is 0.167. The molecule has 4 heteroatoms. The summed E-state index contributed by atoms with van der Waals surface area (Å²) in [4.78, 5) is 1.31. The van der Waals surface area contributed by atoms with E-state index in [0.29, 0.717) is 0 Å². The van der Waals surface area contributed by atoms with Gasteiger partial charge in [-0.3, -0.25) is 4.40 Å². The van der Waals surface area contributed by atoms with Crippen molar-refractivity contribution in [2.75, 3.05) is 0 Å². The van der Waals surface area contributed by atoms with Crippen molar-refractivity contribution >= 4 is 17.0 Å². The molecule has 0 N–H and O–H groups in total. The maximum absolute atomic E-state index is 4.23. The first-order valence-electron chi connectivity index (χ1n) is 5.15. The second-order valence-corrected chi connectivity index (χ2v) is 4.84. The van der Waals surface area contributed by atoms with E-state index in [9.17, 15) is 0 Å². The number of aryl methyl sites for hydroxylation is 1. The lowest BCUT2D eigenvalue weighted by Gasteiger charge is -1.98. The van der Waals surface area contributed by atoms with Gasteiger partial charge in [-0.1, -0.05) is 6.07 Å². The van der Waals surface area contributed by atoms with E-state index in [2.05, 4.69) is 40.7 Å². The Kier molecular flexibility index (Phi) is 2.22. The number of rotatable bonds is 2. The predicted octanol–water partition coefficient (Wildman–Crippen LogP) is 2.69. The maximum Gasteiger partial charge on any atom is 0.161 e. The summed E-state index contributed by atoms with van der Waals surface area (Å²) in [5.41, 5.74) is 2.13. The molecule has 0 amide bonds. The van der Waals surface area contributed by atoms with Crippen LogP contribution in [-0.4, -0.2) is 14.6 Å². The highest BCUT2D eigenvalue weighted by atomic mass is 32.1. The maximum atomic E-state index is 4.23. The summed E-state index contributed by atoms with van der Waals surface area (Å²) in [5, 5.41) is 10.5. The number of pyridine rings is 1. The number of fused-ring (bicyclic) bond motifs is 1. The van der Waals surface area contributed by atoms with Crippen LogP contribution in [0.5, 0.6) is 0 Å². The van der Waals surface area contributed by atoms with Crippen molar-refractivity contribution in [2.45, 2.75) is 13.3 Å². The van der Waals surface area contributed by atoms with Crippen molar-refractivity contribution in [1.29, 1.82) is 0 Å². The molecule has 0 bridgehead atoms. The van der Waals surface area contributed by atoms with Crippen molar-refractivity contribution in [3.05, 3.63) is 52.1 Å². The Labute approximate surface area is 97.4 Å². The summed E-state index contributed by atoms with van der Waals surface area (Å²) in [6, 6.07) is 8.31. The Bertz CT molecular complexity index is 610. The lowest BCUT2D eigenvalue weighted by atomic mass is 10.3. The molecule has 0 saturated heterocycles. The van der Waals surface area contributed by atoms with Crippen LogP contribution in [-0.2, 0) is 6.42 Å². The van der Waals surface area contributed by atoms with Gasteiger partial charge in [0, 0.05) is 17.5 Å². The molecule has 0 aromatic carbocycles. The summed E-state index contributed by atoms with van der Waals surface area (Å²) in [5.74, 6) is 0.998. The van der Waals surface area contributed by atoms with Gasteiger partial charge in [-0.05, 0) is 36.1 Å². The van der Waals surface area contributed by atoms with Crippen molar-refractivity contribution in [3.8, 4) is 0 Å². The Morgan fingerprint density at radius 1 is 1.31 bits per heavy atom. The molecular formula is C12H11N3S. The number of aromatic nitrogens is 3. The molecule has 3 rings (SSSR count). The van der Waals surface area contributed by atoms with Crippen LogP contribution in [0.15, 0.2) is 35.8 Å². The summed E-state index contributed by atoms with van der Waals surface area (Å²) < 4.78 is 2.05. The third-order valence-electron chi connectivity index (χ3n) is 2.55. The van der Waals surface area contributed by atoms with Gasteiger partial charge in [0.25, 0.3) is 0 Å². The second kappa shape index (κ2) is 3.72. The minimum Gasteiger partial charge on any atom is -0.286 e. The lowest BCUT2D eigenvalue weighted by molar-refractivity contribution is 0.944. The zero-order chi connectivity index (χ0) is 11.0. The minimum absolute atomic E-state index is 0.849. The fourth-order valence-corrected chi connectivity index (χ4v) is 2.43. The van der Waals surface area contributed by atoms with Gasteiger partial charge in [-0.25, -0.2) is 0 Å². The van der Waals surface area contributed by atoms with E-state index in [-0.39, 0.29) is 0 Å². The van der Waals surface area contributed by atoms with E-state index < -0.39 is 0 Å². The molecule has 0 aliphatic carbocycles. The molecule has 0 aliphatic heterocycles. The minimum atomic E-state index is 0.849. The molecule has 80 valence electrons. The van der Waals surface area contributed by atoms with Crippen LogP contribution >= 0.6 is 11.3 Å². The van der Waals surface area contributed by atoms with Crippen molar-refractivity contribution in [1.82, 2.24) is 14.6 Å². The van der Waals surface area contributed by atoms with Crippen LogP contribution in [0.1, 0.15) is 16.3 Å². The summed E-state index contributed by atoms with van der Waals surface area (Å²) in [6.07, 6.45) is 2.88. The van der Waals surface area contributed by atoms with E-state index in [4.69, 9.17) is 0 Å². The van der Waals surface area contributed by atoms with E-state index in [1.54, 1.807) is 11.3 Å². The molecule has 0 radical (unpaired) electrons. The van der Waals surface area contributed by atoms with Crippen molar-refractivity contribution in [3.63, 3.8) is 0 Å². The zero-order valence-electron chi connectivity index (χ0n) is 8.92. The van der Waals surface area contributed by atoms with Gasteiger partial charge in [0.1, 0.15) is 5.82 Å². The topological polar surface area (TPSA) is 30.2 Å². The number of nitrogens with zero attached hydrogens (tertiary/aromatic N) is 3. The zero-order valence-corrected chi connectivity index (χ0v) is 9.74. The molecule has 3 aromatic rings. The molecule has 3 heterocycles. The van der Waals surface area contributed by atoms with Crippen LogP contribution < -0.4 is 0 Å². The lowest BCUT2D eigenvalue weighted by Crippen LogP contribution is -1.94. The molecule has 0 saturated carbocycles. The first-order chi connectivity index (χ1) is 7.83. The van der Waals surface area contributed by atoms with Crippen LogP contribution in [0, 0.1) is 6.92 Å². The number of hydrogen-bond donors (Lipinski definition) is 0. The number of hydrogen-bond acceptors (Lipinski definition) is 3. The van der Waals surface area contributed by atoms with Gasteiger partial charge in [0.2, 0.25) is 0 Å². The van der Waals surface area contributed by atoms with Crippen molar-refractivity contribution < 1.29 is 0 Å². The molecule has 0 spiro atoms. The van der Waals surface area contributed by atoms with Crippen LogP contribution in [0.4, 0.5) is 0 Å². The molecule has 16 heavy (non-hydrogen) atoms. The van der Waals surface area contributed by atoms with Crippen LogP contribution in [0.2, 0.25) is 0 Å². The average molecular weight is 229 g/mol. The third kappa shape index (κ3) is 1.61. The Morgan fingerprint density at radius 2 is 2.25 bits per heavy atom. The Morgan fingerprint density at radius 3 is 3.06 bits per heavy atom. The monoisotopic (exact) mass is 229 g/mol. The van der Waals surface area contributed by atoms with E-state index >= 15 is 0 Å². The Hall–Kier alpha value is -1.68. The normalized spacial score (nSPS) is 11.1. The highest BCUT2D eigenvalue weighted by Crippen LogP contribution is 2.14. The molecule has 0 atom stereocenters.